The van der Waals surface area contributed by atoms with Crippen molar-refractivity contribution in [2.24, 2.45) is 0 Å². The van der Waals surface area contributed by atoms with Gasteiger partial charge in [0.1, 0.15) is 0 Å². The summed E-state index contributed by atoms with van der Waals surface area (Å²) in [5.74, 6) is 0. The van der Waals surface area contributed by atoms with E-state index in [2.05, 4.69) is 0 Å². The maximum Gasteiger partial charge on any atom is 3.00 e. The van der Waals surface area contributed by atoms with Crippen molar-refractivity contribution in [3.05, 3.63) is 47.9 Å². The maximum atomic E-state index is 6.75. The topological polar surface area (TPSA) is 176 Å². The first-order valence-electron chi connectivity index (χ1n) is 1.20. The van der Waals surface area contributed by atoms with Crippen LogP contribution in [0.1, 0.15) is 0 Å². The maximum absolute atomic E-state index is 6.75. The van der Waals surface area contributed by atoms with Gasteiger partial charge in [0.15, 0.2) is 0 Å². The molecule has 0 aliphatic heterocycles. The molecule has 0 saturated carbocycles. The molecule has 0 aromatic carbocycles. The molecule has 0 amide bonds. The third-order valence-electron chi connectivity index (χ3n) is 0. The Kier molecular flexibility index (Phi) is 345. The molecule has 0 aliphatic rings. The Hall–Kier alpha value is -1.54. The van der Waals surface area contributed by atoms with Crippen LogP contribution in [-0.4, -0.2) is 0 Å². The molecule has 0 unspecified atom stereocenters. The van der Waals surface area contributed by atoms with E-state index in [0.29, 0.717) is 0 Å². The minimum atomic E-state index is 0. The van der Waals surface area contributed by atoms with Crippen LogP contribution in [0.15, 0.2) is 0 Å². The molecule has 9 nitrogen and oxygen atoms in total. The summed E-state index contributed by atoms with van der Waals surface area (Å²) >= 11 is 0. The smallest absolute Gasteiger partial charge is 0.373 e. The zero-order chi connectivity index (χ0) is 8.12. The largest absolute Gasteiger partial charge is 3.00 e. The first-order valence-corrected chi connectivity index (χ1v) is 1.20. The van der Waals surface area contributed by atoms with E-state index in [4.69, 9.17) is 33.2 Å². The van der Waals surface area contributed by atoms with Gasteiger partial charge in [-0.2, -0.15) is 0 Å². The zero-order valence-corrected chi connectivity index (χ0v) is 5.71. The second-order valence-corrected chi connectivity index (χ2v) is 0.268. The second-order valence-electron chi connectivity index (χ2n) is 0.268. The number of hydrogen-bond donors (Lipinski definition) is 0. The molecule has 0 fully saturated rings. The molecule has 0 atom stereocenters. The van der Waals surface area contributed by atoms with Crippen molar-refractivity contribution in [1.29, 1.82) is 0 Å². The molecular weight excluding hydrogens is 178 g/mol. The van der Waals surface area contributed by atoms with Crippen molar-refractivity contribution >= 4 is 0 Å². The van der Waals surface area contributed by atoms with E-state index >= 15 is 0 Å². The third-order valence-corrected chi connectivity index (χ3v) is 0. The summed E-state index contributed by atoms with van der Waals surface area (Å²) in [7, 11) is 0. The van der Waals surface area contributed by atoms with E-state index in [0.717, 1.165) is 0 Å². The van der Waals surface area contributed by atoms with Crippen molar-refractivity contribution in [3.63, 3.8) is 0 Å². The second kappa shape index (κ2) is 146. The molecule has 0 N–H and O–H groups in total. The van der Waals surface area contributed by atoms with Gasteiger partial charge in [-0.25, -0.2) is 0 Å². The fraction of sp³-hybridized carbons (Fsp3) is 0. The Morgan fingerprint density at radius 3 is 0.500 bits per heavy atom. The van der Waals surface area contributed by atoms with E-state index in [1.54, 1.807) is 0 Å². The van der Waals surface area contributed by atoms with Crippen LogP contribution < -0.4 is 0 Å². The van der Waals surface area contributed by atoms with Gasteiger partial charge in [0.2, 0.25) is 0 Å². The monoisotopic (exact) mass is 178 g/mol. The van der Waals surface area contributed by atoms with Gasteiger partial charge in [0.05, 0.1) is 0 Å². The molecular formula is CrN9. The predicted octanol–water partition coefficient (Wildman–Crippen LogP) is 2.60. The zero-order valence-electron chi connectivity index (χ0n) is 4.43. The van der Waals surface area contributed by atoms with E-state index in [1.807, 2.05) is 0 Å². The van der Waals surface area contributed by atoms with Crippen molar-refractivity contribution in [1.82, 2.24) is 0 Å². The van der Waals surface area contributed by atoms with Crippen molar-refractivity contribution in [2.45, 2.75) is 0 Å². The Balaban J connectivity index is -0.0000000257. The van der Waals surface area contributed by atoms with Gasteiger partial charge >= 0.3 is 17.4 Å². The summed E-state index contributed by atoms with van der Waals surface area (Å²) in [4.78, 5) is 4.50. The minimum Gasteiger partial charge on any atom is -0.373 e. The normalized spacial score (nSPS) is 2.40. The van der Waals surface area contributed by atoms with Crippen molar-refractivity contribution in [3.8, 4) is 0 Å². The van der Waals surface area contributed by atoms with Crippen LogP contribution in [-0.2, 0) is 17.4 Å². The van der Waals surface area contributed by atoms with Gasteiger partial charge < -0.3 is 33.2 Å². The molecule has 0 rings (SSSR count). The molecule has 0 saturated heterocycles. The Morgan fingerprint density at radius 1 is 0.500 bits per heavy atom. The average Bonchev–Trinajstić information content (AvgIpc) is 1.70. The summed E-state index contributed by atoms with van der Waals surface area (Å²) in [5.41, 5.74) is 40.5. The predicted molar refractivity (Wildman–Crippen MR) is 30.2 cm³/mol. The first-order chi connectivity index (χ1) is 4.24. The van der Waals surface area contributed by atoms with Crippen LogP contribution in [0.25, 0.3) is 47.9 Å². The molecule has 0 bridgehead atoms. The summed E-state index contributed by atoms with van der Waals surface area (Å²) < 4.78 is 0. The molecule has 0 aromatic heterocycles. The van der Waals surface area contributed by atoms with Gasteiger partial charge in [0.25, 0.3) is 0 Å². The summed E-state index contributed by atoms with van der Waals surface area (Å²) in [5, 5.41) is 0. The van der Waals surface area contributed by atoms with Gasteiger partial charge in [-0.05, 0) is 0 Å². The van der Waals surface area contributed by atoms with Crippen molar-refractivity contribution in [2.75, 3.05) is 0 Å². The summed E-state index contributed by atoms with van der Waals surface area (Å²) in [6.45, 7) is 0. The quantitative estimate of drug-likeness (QED) is 0.301. The fourth-order valence-corrected chi connectivity index (χ4v) is 0. The molecule has 0 aromatic rings. The van der Waals surface area contributed by atoms with Crippen LogP contribution in [0.2, 0.25) is 0 Å². The average molecular weight is 178 g/mol. The third kappa shape index (κ3) is 81.6. The molecule has 10 heavy (non-hydrogen) atoms. The Labute approximate surface area is 66.0 Å². The number of rotatable bonds is 0. The van der Waals surface area contributed by atoms with Crippen LogP contribution in [0, 0.1) is 0 Å². The first kappa shape index (κ1) is 23.7. The Bertz CT molecular complexity index is 96.3. The molecule has 1 radical (unpaired) electrons. The number of hydrogen-bond acceptors (Lipinski definition) is 0. The van der Waals surface area contributed by atoms with E-state index in [9.17, 15) is 0 Å². The molecule has 0 heterocycles. The molecule has 10 heteroatoms. The fourth-order valence-electron chi connectivity index (χ4n) is 0. The Morgan fingerprint density at radius 2 is 0.500 bits per heavy atom. The van der Waals surface area contributed by atoms with Gasteiger partial charge in [0, 0.05) is 0 Å². The van der Waals surface area contributed by atoms with Crippen LogP contribution in [0.5, 0.6) is 0 Å². The SMILES string of the molecule is [Cr+3].[N-]=[N+]=[N-].[N-]=[N+]=[N-].[N-]=[N+]=[N-]. The van der Waals surface area contributed by atoms with Gasteiger partial charge in [-0.15, -0.1) is 0 Å². The molecule has 0 aliphatic carbocycles. The minimum absolute atomic E-state index is 0. The van der Waals surface area contributed by atoms with E-state index in [-0.39, 0.29) is 17.4 Å². The van der Waals surface area contributed by atoms with Crippen LogP contribution in [0.4, 0.5) is 0 Å². The van der Waals surface area contributed by atoms with Gasteiger partial charge in [-0.1, -0.05) is 0 Å². The van der Waals surface area contributed by atoms with Crippen LogP contribution >= 0.6 is 0 Å². The van der Waals surface area contributed by atoms with Crippen LogP contribution in [0.3, 0.4) is 0 Å². The summed E-state index contributed by atoms with van der Waals surface area (Å²) in [6, 6.07) is 0. The molecule has 51 valence electrons. The van der Waals surface area contributed by atoms with E-state index in [1.165, 1.54) is 14.7 Å². The summed E-state index contributed by atoms with van der Waals surface area (Å²) in [6.07, 6.45) is 0. The van der Waals surface area contributed by atoms with Gasteiger partial charge in [-0.3, -0.25) is 14.7 Å². The van der Waals surface area contributed by atoms with Crippen molar-refractivity contribution < 1.29 is 17.4 Å². The number of nitrogens with zero attached hydrogens (tertiary/aromatic N) is 9. The molecule has 0 spiro atoms. The standard InChI is InChI=1S/Cr.3N3/c;3*1-3-2/q+3;3*-1. The van der Waals surface area contributed by atoms with E-state index < -0.39 is 0 Å².